The van der Waals surface area contributed by atoms with Crippen LogP contribution in [-0.4, -0.2) is 5.97 Å². The highest BCUT2D eigenvalue weighted by Crippen LogP contribution is 2.19. The van der Waals surface area contributed by atoms with E-state index in [0.29, 0.717) is 5.75 Å². The third-order valence-corrected chi connectivity index (χ3v) is 3.46. The fourth-order valence-corrected chi connectivity index (χ4v) is 2.31. The van der Waals surface area contributed by atoms with E-state index in [1.54, 1.807) is 18.2 Å². The number of carbonyl (C=O) groups is 1. The summed E-state index contributed by atoms with van der Waals surface area (Å²) in [5.74, 6) is 0.176. The van der Waals surface area contributed by atoms with Crippen LogP contribution in [0.25, 0.3) is 16.8 Å². The van der Waals surface area contributed by atoms with Gasteiger partial charge in [0.15, 0.2) is 0 Å². The first-order valence-electron chi connectivity index (χ1n) is 7.17. The van der Waals surface area contributed by atoms with Gasteiger partial charge in [0.05, 0.1) is 0 Å². The number of hydrogen-bond donors (Lipinski definition) is 0. The average Bonchev–Trinajstić information content (AvgIpc) is 2.55. The third kappa shape index (κ3) is 3.23. The maximum absolute atomic E-state index is 11.9. The summed E-state index contributed by atoms with van der Waals surface area (Å²) in [6.45, 7) is 1.99. The molecule has 0 atom stereocenters. The maximum atomic E-state index is 11.9. The van der Waals surface area contributed by atoms with E-state index >= 15 is 0 Å². The Labute approximate surface area is 129 Å². The minimum Gasteiger partial charge on any atom is -0.423 e. The van der Waals surface area contributed by atoms with Gasteiger partial charge >= 0.3 is 5.97 Å². The Morgan fingerprint density at radius 1 is 0.909 bits per heavy atom. The van der Waals surface area contributed by atoms with Gasteiger partial charge in [-0.3, -0.25) is 0 Å². The molecule has 0 aliphatic rings. The number of rotatable bonds is 3. The smallest absolute Gasteiger partial charge is 0.336 e. The zero-order valence-electron chi connectivity index (χ0n) is 12.3. The summed E-state index contributed by atoms with van der Waals surface area (Å²) in [5.41, 5.74) is 2.13. The van der Waals surface area contributed by atoms with Crippen molar-refractivity contribution in [3.05, 3.63) is 83.9 Å². The van der Waals surface area contributed by atoms with E-state index in [4.69, 9.17) is 4.74 Å². The molecule has 0 bridgehead atoms. The van der Waals surface area contributed by atoms with Gasteiger partial charge in [-0.25, -0.2) is 4.79 Å². The van der Waals surface area contributed by atoms with Gasteiger partial charge in [-0.1, -0.05) is 60.2 Å². The number of aryl methyl sites for hydroxylation is 1. The van der Waals surface area contributed by atoms with Crippen molar-refractivity contribution in [1.29, 1.82) is 0 Å². The number of ether oxygens (including phenoxy) is 1. The molecule has 0 radical (unpaired) electrons. The highest BCUT2D eigenvalue weighted by Gasteiger charge is 2.01. The normalized spacial score (nSPS) is 11.0. The Kier molecular flexibility index (Phi) is 4.01. The van der Waals surface area contributed by atoms with E-state index in [0.717, 1.165) is 21.9 Å². The van der Waals surface area contributed by atoms with Crippen molar-refractivity contribution in [2.24, 2.45) is 0 Å². The van der Waals surface area contributed by atoms with E-state index < -0.39 is 0 Å². The van der Waals surface area contributed by atoms with Crippen molar-refractivity contribution >= 4 is 22.8 Å². The topological polar surface area (TPSA) is 26.3 Å². The molecule has 0 heterocycles. The molecule has 0 saturated carbocycles. The van der Waals surface area contributed by atoms with E-state index in [2.05, 4.69) is 12.1 Å². The molecule has 0 saturated heterocycles. The van der Waals surface area contributed by atoms with Crippen LogP contribution in [0, 0.1) is 6.92 Å². The zero-order chi connectivity index (χ0) is 15.4. The molecule has 0 fully saturated rings. The molecular weight excluding hydrogens is 272 g/mol. The summed E-state index contributed by atoms with van der Waals surface area (Å²) in [7, 11) is 0. The first-order chi connectivity index (χ1) is 10.7. The van der Waals surface area contributed by atoms with E-state index in [-0.39, 0.29) is 5.97 Å². The van der Waals surface area contributed by atoms with Crippen molar-refractivity contribution < 1.29 is 9.53 Å². The first kappa shape index (κ1) is 14.1. The van der Waals surface area contributed by atoms with Gasteiger partial charge in [0.25, 0.3) is 0 Å². The number of fused-ring (bicyclic) bond motifs is 1. The molecule has 2 heteroatoms. The van der Waals surface area contributed by atoms with Crippen molar-refractivity contribution in [3.63, 3.8) is 0 Å². The lowest BCUT2D eigenvalue weighted by atomic mass is 10.0. The fourth-order valence-electron chi connectivity index (χ4n) is 2.31. The van der Waals surface area contributed by atoms with Gasteiger partial charge in [0.1, 0.15) is 5.75 Å². The van der Waals surface area contributed by atoms with Crippen molar-refractivity contribution in [2.45, 2.75) is 6.92 Å². The second kappa shape index (κ2) is 6.27. The largest absolute Gasteiger partial charge is 0.423 e. The molecule has 22 heavy (non-hydrogen) atoms. The lowest BCUT2D eigenvalue weighted by Gasteiger charge is -2.03. The van der Waals surface area contributed by atoms with Crippen LogP contribution < -0.4 is 4.74 Å². The highest BCUT2D eigenvalue weighted by atomic mass is 16.5. The van der Waals surface area contributed by atoms with Gasteiger partial charge in [-0.05, 0) is 41.5 Å². The van der Waals surface area contributed by atoms with Crippen LogP contribution in [0.15, 0.2) is 72.8 Å². The van der Waals surface area contributed by atoms with Gasteiger partial charge in [-0.15, -0.1) is 0 Å². The Bertz CT molecular complexity index is 824. The van der Waals surface area contributed by atoms with Crippen LogP contribution >= 0.6 is 0 Å². The lowest BCUT2D eigenvalue weighted by Crippen LogP contribution is -2.03. The lowest BCUT2D eigenvalue weighted by molar-refractivity contribution is -0.128. The van der Waals surface area contributed by atoms with Gasteiger partial charge < -0.3 is 4.74 Å². The van der Waals surface area contributed by atoms with Crippen molar-refractivity contribution in [1.82, 2.24) is 0 Å². The molecule has 0 aliphatic carbocycles. The van der Waals surface area contributed by atoms with Crippen molar-refractivity contribution in [2.75, 3.05) is 0 Å². The molecule has 0 aromatic heterocycles. The average molecular weight is 288 g/mol. The second-order valence-electron chi connectivity index (χ2n) is 5.14. The number of esters is 1. The summed E-state index contributed by atoms with van der Waals surface area (Å²) < 4.78 is 5.28. The summed E-state index contributed by atoms with van der Waals surface area (Å²) in [5, 5.41) is 2.26. The van der Waals surface area contributed by atoms with Crippen LogP contribution in [0.3, 0.4) is 0 Å². The van der Waals surface area contributed by atoms with Crippen molar-refractivity contribution in [3.8, 4) is 5.75 Å². The molecular formula is C20H16O2. The third-order valence-electron chi connectivity index (χ3n) is 3.46. The number of carbonyl (C=O) groups excluding carboxylic acids is 1. The summed E-state index contributed by atoms with van der Waals surface area (Å²) in [6, 6.07) is 21.5. The molecule has 2 nitrogen and oxygen atoms in total. The van der Waals surface area contributed by atoms with E-state index in [9.17, 15) is 4.79 Å². The van der Waals surface area contributed by atoms with Gasteiger partial charge in [0, 0.05) is 6.08 Å². The van der Waals surface area contributed by atoms with Gasteiger partial charge in [-0.2, -0.15) is 0 Å². The van der Waals surface area contributed by atoms with E-state index in [1.807, 2.05) is 49.4 Å². The van der Waals surface area contributed by atoms with Crippen LogP contribution in [-0.2, 0) is 4.79 Å². The molecule has 0 aliphatic heterocycles. The van der Waals surface area contributed by atoms with Crippen LogP contribution in [0.5, 0.6) is 5.75 Å². The molecule has 0 amide bonds. The molecule has 108 valence electrons. The predicted octanol–water partition coefficient (Wildman–Crippen LogP) is 4.77. The minimum atomic E-state index is -0.378. The Morgan fingerprint density at radius 3 is 2.45 bits per heavy atom. The van der Waals surface area contributed by atoms with Gasteiger partial charge in [0.2, 0.25) is 0 Å². The number of benzene rings is 3. The Hall–Kier alpha value is -2.87. The standard InChI is InChI=1S/C20H16O2/c1-15-9-12-18(13-10-15)22-20(21)14-11-17-7-4-6-16-5-2-3-8-19(16)17/h2-14H,1H3. The number of hydrogen-bond acceptors (Lipinski definition) is 2. The molecule has 3 aromatic carbocycles. The van der Waals surface area contributed by atoms with E-state index in [1.165, 1.54) is 6.08 Å². The van der Waals surface area contributed by atoms with Crippen LogP contribution in [0.2, 0.25) is 0 Å². The molecule has 3 rings (SSSR count). The maximum Gasteiger partial charge on any atom is 0.336 e. The monoisotopic (exact) mass is 288 g/mol. The zero-order valence-corrected chi connectivity index (χ0v) is 12.3. The SMILES string of the molecule is Cc1ccc(OC(=O)C=Cc2cccc3ccccc23)cc1. The van der Waals surface area contributed by atoms with Crippen LogP contribution in [0.4, 0.5) is 0 Å². The Morgan fingerprint density at radius 2 is 1.64 bits per heavy atom. The summed E-state index contributed by atoms with van der Waals surface area (Å²) in [4.78, 5) is 11.9. The first-order valence-corrected chi connectivity index (χ1v) is 7.17. The highest BCUT2D eigenvalue weighted by molar-refractivity contribution is 5.95. The quantitative estimate of drug-likeness (QED) is 0.394. The second-order valence-corrected chi connectivity index (χ2v) is 5.14. The summed E-state index contributed by atoms with van der Waals surface area (Å²) in [6.07, 6.45) is 3.25. The predicted molar refractivity (Wildman–Crippen MR) is 89.8 cm³/mol. The van der Waals surface area contributed by atoms with Crippen LogP contribution in [0.1, 0.15) is 11.1 Å². The fraction of sp³-hybridized carbons (Fsp3) is 0.0500. The Balaban J connectivity index is 1.78. The molecule has 0 N–H and O–H groups in total. The summed E-state index contributed by atoms with van der Waals surface area (Å²) >= 11 is 0. The molecule has 3 aromatic rings. The molecule has 0 spiro atoms. The minimum absolute atomic E-state index is 0.378. The molecule has 0 unspecified atom stereocenters.